The molecule has 0 aliphatic carbocycles. The summed E-state index contributed by atoms with van der Waals surface area (Å²) in [5.74, 6) is 1.74. The van der Waals surface area contributed by atoms with E-state index in [1.165, 1.54) is 141 Å². The minimum absolute atomic E-state index is 0.0271. The van der Waals surface area contributed by atoms with E-state index in [1.807, 2.05) is 0 Å². The molecule has 3 N–H and O–H groups in total. The molecule has 0 heterocycles. The Balaban J connectivity index is 4.28. The van der Waals surface area contributed by atoms with Crippen LogP contribution in [0.25, 0.3) is 0 Å². The molecular weight excluding hydrogens is 619 g/mol. The van der Waals surface area contributed by atoms with E-state index in [2.05, 4.69) is 52.3 Å². The molecule has 6 heteroatoms. The van der Waals surface area contributed by atoms with Crippen molar-refractivity contribution in [3.63, 3.8) is 0 Å². The van der Waals surface area contributed by atoms with Crippen LogP contribution < -0.4 is 10.6 Å². The molecule has 2 amide bonds. The summed E-state index contributed by atoms with van der Waals surface area (Å²) in [7, 11) is 2.10. The maximum Gasteiger partial charge on any atom is 0.245 e. The van der Waals surface area contributed by atoms with Gasteiger partial charge in [0.25, 0.3) is 0 Å². The highest BCUT2D eigenvalue weighted by Crippen LogP contribution is 2.17. The summed E-state index contributed by atoms with van der Waals surface area (Å²) in [6.45, 7) is 13.1. The highest BCUT2D eigenvalue weighted by Gasteiger charge is 2.34. The van der Waals surface area contributed by atoms with E-state index >= 15 is 0 Å². The van der Waals surface area contributed by atoms with Crippen molar-refractivity contribution in [2.24, 2.45) is 11.8 Å². The Morgan fingerprint density at radius 3 is 1.06 bits per heavy atom. The molecule has 6 nitrogen and oxygen atoms in total. The predicted octanol–water partition coefficient (Wildman–Crippen LogP) is 12.0. The summed E-state index contributed by atoms with van der Waals surface area (Å²) in [6.07, 6.45) is 35.8. The molecule has 0 saturated heterocycles. The first kappa shape index (κ1) is 48.9. The summed E-state index contributed by atoms with van der Waals surface area (Å²) >= 11 is 0. The molecule has 0 aromatic carbocycles. The van der Waals surface area contributed by atoms with Gasteiger partial charge in [-0.25, -0.2) is 0 Å². The van der Waals surface area contributed by atoms with Gasteiger partial charge in [-0.15, -0.1) is 0 Å². The maximum absolute atomic E-state index is 13.1. The second-order valence-electron chi connectivity index (χ2n) is 16.9. The maximum atomic E-state index is 13.1. The number of quaternary nitrogens is 1. The molecule has 0 aliphatic rings. The van der Waals surface area contributed by atoms with Gasteiger partial charge in [0.2, 0.25) is 18.1 Å². The number of nitrogens with one attached hydrogen (secondary N) is 2. The third kappa shape index (κ3) is 31.6. The van der Waals surface area contributed by atoms with Gasteiger partial charge in [-0.1, -0.05) is 189 Å². The summed E-state index contributed by atoms with van der Waals surface area (Å²) in [5, 5.41) is 16.0. The van der Waals surface area contributed by atoms with E-state index in [4.69, 9.17) is 0 Å². The summed E-state index contributed by atoms with van der Waals surface area (Å²) in [4.78, 5) is 26.2. The zero-order chi connectivity index (χ0) is 37.1. The van der Waals surface area contributed by atoms with Gasteiger partial charge in [0.1, 0.15) is 0 Å². The van der Waals surface area contributed by atoms with E-state index in [1.54, 1.807) is 0 Å². The molecule has 0 spiro atoms. The lowest BCUT2D eigenvalue weighted by Crippen LogP contribution is -2.67. The van der Waals surface area contributed by atoms with Crippen molar-refractivity contribution in [2.75, 3.05) is 26.7 Å². The number of hydrogen-bond donors (Lipinski definition) is 3. The van der Waals surface area contributed by atoms with Gasteiger partial charge in [-0.05, 0) is 31.1 Å². The Morgan fingerprint density at radius 2 is 0.780 bits per heavy atom. The van der Waals surface area contributed by atoms with Crippen LogP contribution >= 0.6 is 0 Å². The molecule has 298 valence electrons. The van der Waals surface area contributed by atoms with Crippen LogP contribution in [0.4, 0.5) is 0 Å². The number of aliphatic hydroxyl groups excluding tert-OH is 1. The van der Waals surface area contributed by atoms with E-state index in [0.717, 1.165) is 50.5 Å². The minimum atomic E-state index is -0.452. The predicted molar refractivity (Wildman–Crippen MR) is 217 cm³/mol. The van der Waals surface area contributed by atoms with Gasteiger partial charge < -0.3 is 5.11 Å². The average molecular weight is 709 g/mol. The molecule has 0 radical (unpaired) electrons. The third-order valence-electron chi connectivity index (χ3n) is 10.7. The van der Waals surface area contributed by atoms with Crippen LogP contribution in [0, 0.1) is 11.8 Å². The normalized spacial score (nSPS) is 13.0. The number of aliphatic hydroxyl groups is 1. The Morgan fingerprint density at radius 1 is 0.480 bits per heavy atom. The van der Waals surface area contributed by atoms with Crippen LogP contribution in [0.2, 0.25) is 0 Å². The van der Waals surface area contributed by atoms with Crippen molar-refractivity contribution in [3.05, 3.63) is 0 Å². The van der Waals surface area contributed by atoms with E-state index in [9.17, 15) is 14.7 Å². The van der Waals surface area contributed by atoms with Gasteiger partial charge in [0.15, 0.2) is 0 Å². The van der Waals surface area contributed by atoms with Crippen LogP contribution in [-0.2, 0) is 9.59 Å². The standard InChI is InChI=1S/C44H89N3O3/c1-7-37-47(6,38-32-39-48)44(45-42(49)35-30-26-22-18-14-10-8-12-16-20-24-28-33-40(2)3)46-43(50)36-31-27-23-19-15-11-9-13-17-21-25-29-34-41(4)5/h40-41,44,48H,7-39H2,1-6H3,(H-,45,46,49,50)/p+1. The van der Waals surface area contributed by atoms with Gasteiger partial charge in [-0.3, -0.25) is 24.7 Å². The zero-order valence-electron chi connectivity index (χ0n) is 34.8. The van der Waals surface area contributed by atoms with Crippen LogP contribution in [0.3, 0.4) is 0 Å². The van der Waals surface area contributed by atoms with Crippen molar-refractivity contribution < 1.29 is 19.2 Å². The first-order valence-electron chi connectivity index (χ1n) is 22.2. The Labute approximate surface area is 313 Å². The average Bonchev–Trinajstić information content (AvgIpc) is 3.07. The molecule has 1 atom stereocenters. The van der Waals surface area contributed by atoms with Gasteiger partial charge >= 0.3 is 0 Å². The van der Waals surface area contributed by atoms with E-state index < -0.39 is 6.29 Å². The molecule has 0 saturated carbocycles. The summed E-state index contributed by atoms with van der Waals surface area (Å²) in [5.41, 5.74) is 0. The van der Waals surface area contributed by atoms with Crippen molar-refractivity contribution in [1.82, 2.24) is 10.6 Å². The number of nitrogens with zero attached hydrogens (tertiary/aromatic N) is 1. The molecule has 0 aromatic heterocycles. The van der Waals surface area contributed by atoms with Crippen molar-refractivity contribution in [3.8, 4) is 0 Å². The number of hydrogen-bond acceptors (Lipinski definition) is 3. The first-order chi connectivity index (χ1) is 24.1. The Hall–Kier alpha value is -1.14. The van der Waals surface area contributed by atoms with Crippen molar-refractivity contribution >= 4 is 11.8 Å². The zero-order valence-corrected chi connectivity index (χ0v) is 34.8. The molecule has 0 rings (SSSR count). The van der Waals surface area contributed by atoms with Crippen molar-refractivity contribution in [1.29, 1.82) is 0 Å². The highest BCUT2D eigenvalue weighted by atomic mass is 16.3. The quantitative estimate of drug-likeness (QED) is 0.0339. The van der Waals surface area contributed by atoms with Crippen LogP contribution in [0.1, 0.15) is 227 Å². The second kappa shape index (κ2) is 34.9. The minimum Gasteiger partial charge on any atom is -0.396 e. The Kier molecular flexibility index (Phi) is 34.1. The number of unbranched alkanes of at least 4 members (excludes halogenated alkanes) is 22. The fourth-order valence-electron chi connectivity index (χ4n) is 7.32. The fourth-order valence-corrected chi connectivity index (χ4v) is 7.32. The summed E-state index contributed by atoms with van der Waals surface area (Å²) in [6, 6.07) is 0. The molecule has 0 fully saturated rings. The van der Waals surface area contributed by atoms with Crippen LogP contribution in [0.15, 0.2) is 0 Å². The Bertz CT molecular complexity index is 709. The lowest BCUT2D eigenvalue weighted by Gasteiger charge is -2.41. The molecule has 0 aromatic rings. The van der Waals surface area contributed by atoms with E-state index in [-0.39, 0.29) is 18.4 Å². The monoisotopic (exact) mass is 709 g/mol. The van der Waals surface area contributed by atoms with Gasteiger partial charge in [-0.2, -0.15) is 0 Å². The summed E-state index contributed by atoms with van der Waals surface area (Å²) < 4.78 is 0.518. The van der Waals surface area contributed by atoms with Gasteiger partial charge in [0.05, 0.1) is 20.1 Å². The number of amides is 2. The lowest BCUT2D eigenvalue weighted by atomic mass is 10.0. The highest BCUT2D eigenvalue weighted by molar-refractivity contribution is 5.78. The van der Waals surface area contributed by atoms with E-state index in [0.29, 0.717) is 30.3 Å². The number of carbonyl (C=O) groups is 2. The topological polar surface area (TPSA) is 78.4 Å². The molecule has 50 heavy (non-hydrogen) atoms. The third-order valence-corrected chi connectivity index (χ3v) is 10.7. The molecular formula is C44H90N3O3+. The van der Waals surface area contributed by atoms with Crippen LogP contribution in [0.5, 0.6) is 0 Å². The van der Waals surface area contributed by atoms with Gasteiger partial charge in [0, 0.05) is 25.9 Å². The molecule has 0 aliphatic heterocycles. The molecule has 0 bridgehead atoms. The lowest BCUT2D eigenvalue weighted by molar-refractivity contribution is -0.938. The first-order valence-corrected chi connectivity index (χ1v) is 22.2. The van der Waals surface area contributed by atoms with Crippen molar-refractivity contribution in [2.45, 2.75) is 234 Å². The SMILES string of the molecule is CCC[N+](C)(CCCO)C(NC(=O)CCCCCCCCCCCCCCC(C)C)NC(=O)CCCCCCCCCCCCCCC(C)C. The number of carbonyl (C=O) groups excluding carboxylic acids is 2. The van der Waals surface area contributed by atoms with Crippen LogP contribution in [-0.4, -0.2) is 54.4 Å². The fraction of sp³-hybridized carbons (Fsp3) is 0.955. The smallest absolute Gasteiger partial charge is 0.245 e. The number of rotatable bonds is 38. The largest absolute Gasteiger partial charge is 0.396 e. The second-order valence-corrected chi connectivity index (χ2v) is 16.9. The molecule has 1 unspecified atom stereocenters.